The zero-order valence-electron chi connectivity index (χ0n) is 14.3. The summed E-state index contributed by atoms with van der Waals surface area (Å²) in [7, 11) is 2.56. The fourth-order valence-electron chi connectivity index (χ4n) is 2.68. The van der Waals surface area contributed by atoms with Gasteiger partial charge < -0.3 is 20.1 Å². The molecule has 140 valence electrons. The Morgan fingerprint density at radius 2 is 2.15 bits per heavy atom. The van der Waals surface area contributed by atoms with E-state index in [9.17, 15) is 24.5 Å². The van der Waals surface area contributed by atoms with Gasteiger partial charge in [0.1, 0.15) is 17.8 Å². The fraction of sp³-hybridized carbons (Fsp3) is 0.438. The summed E-state index contributed by atoms with van der Waals surface area (Å²) in [5.74, 6) is -1.13. The van der Waals surface area contributed by atoms with Crippen molar-refractivity contribution in [2.45, 2.75) is 31.3 Å². The molecule has 2 amide bonds. The number of amides is 2. The number of benzene rings is 1. The van der Waals surface area contributed by atoms with Crippen LogP contribution in [0.1, 0.15) is 18.4 Å². The molecule has 1 aliphatic rings. The molecule has 2 atom stereocenters. The van der Waals surface area contributed by atoms with Crippen molar-refractivity contribution in [3.8, 4) is 5.75 Å². The van der Waals surface area contributed by atoms with Gasteiger partial charge in [-0.25, -0.2) is 4.79 Å². The fourth-order valence-corrected chi connectivity index (χ4v) is 2.68. The Morgan fingerprint density at radius 1 is 1.42 bits per heavy atom. The number of nitrogens with one attached hydrogen (secondary N) is 2. The number of nitrogens with zero attached hydrogens (tertiary/aromatic N) is 1. The molecule has 2 N–H and O–H groups in total. The van der Waals surface area contributed by atoms with Crippen LogP contribution in [-0.2, 0) is 25.5 Å². The Morgan fingerprint density at radius 3 is 2.69 bits per heavy atom. The SMILES string of the molecule is COC(=O)[C@@H](Cc1cc([N+](=O)[O-])ccc1OC)NC(=O)[C@H]1CCC(=O)N1. The first-order chi connectivity index (χ1) is 12.3. The number of carbonyl (C=O) groups is 3. The van der Waals surface area contributed by atoms with Crippen molar-refractivity contribution in [1.82, 2.24) is 10.6 Å². The zero-order chi connectivity index (χ0) is 19.3. The third-order valence-corrected chi connectivity index (χ3v) is 4.01. The van der Waals surface area contributed by atoms with Gasteiger partial charge in [0.25, 0.3) is 5.69 Å². The lowest BCUT2D eigenvalue weighted by molar-refractivity contribution is -0.384. The molecule has 0 aromatic heterocycles. The van der Waals surface area contributed by atoms with Gasteiger partial charge in [0.05, 0.1) is 19.1 Å². The van der Waals surface area contributed by atoms with E-state index in [0.717, 1.165) is 0 Å². The number of nitro benzene ring substituents is 1. The summed E-state index contributed by atoms with van der Waals surface area (Å²) in [5.41, 5.74) is 0.201. The molecule has 0 saturated carbocycles. The number of hydrogen-bond acceptors (Lipinski definition) is 7. The quantitative estimate of drug-likeness (QED) is 0.397. The van der Waals surface area contributed by atoms with Crippen LogP contribution in [0.15, 0.2) is 18.2 Å². The molecule has 0 radical (unpaired) electrons. The number of non-ortho nitro benzene ring substituents is 1. The largest absolute Gasteiger partial charge is 0.496 e. The molecular weight excluding hydrogens is 346 g/mol. The number of ether oxygens (including phenoxy) is 2. The smallest absolute Gasteiger partial charge is 0.328 e. The number of esters is 1. The Kier molecular flexibility index (Phi) is 6.10. The summed E-state index contributed by atoms with van der Waals surface area (Å²) in [6.45, 7) is 0. The molecule has 1 aromatic rings. The van der Waals surface area contributed by atoms with E-state index in [4.69, 9.17) is 9.47 Å². The molecule has 1 fully saturated rings. The number of nitro groups is 1. The van der Waals surface area contributed by atoms with Crippen molar-refractivity contribution in [3.63, 3.8) is 0 Å². The summed E-state index contributed by atoms with van der Waals surface area (Å²) in [4.78, 5) is 46.0. The van der Waals surface area contributed by atoms with Gasteiger partial charge in [-0.2, -0.15) is 0 Å². The van der Waals surface area contributed by atoms with E-state index in [1.807, 2.05) is 0 Å². The first-order valence-corrected chi connectivity index (χ1v) is 7.84. The van der Waals surface area contributed by atoms with E-state index in [-0.39, 0.29) is 24.4 Å². The highest BCUT2D eigenvalue weighted by molar-refractivity contribution is 5.93. The Bertz CT molecular complexity index is 735. The van der Waals surface area contributed by atoms with Crippen molar-refractivity contribution in [3.05, 3.63) is 33.9 Å². The molecule has 0 aliphatic carbocycles. The van der Waals surface area contributed by atoms with E-state index in [2.05, 4.69) is 10.6 Å². The summed E-state index contributed by atoms with van der Waals surface area (Å²) in [6, 6.07) is 2.17. The second kappa shape index (κ2) is 8.28. The monoisotopic (exact) mass is 365 g/mol. The van der Waals surface area contributed by atoms with Gasteiger partial charge in [-0.05, 0) is 12.5 Å². The van der Waals surface area contributed by atoms with Crippen LogP contribution in [0.3, 0.4) is 0 Å². The lowest BCUT2D eigenvalue weighted by Crippen LogP contribution is -2.50. The van der Waals surface area contributed by atoms with Crippen LogP contribution in [0.25, 0.3) is 0 Å². The highest BCUT2D eigenvalue weighted by atomic mass is 16.6. The van der Waals surface area contributed by atoms with Crippen LogP contribution in [0.5, 0.6) is 5.75 Å². The van der Waals surface area contributed by atoms with Gasteiger partial charge >= 0.3 is 5.97 Å². The summed E-state index contributed by atoms with van der Waals surface area (Å²) >= 11 is 0. The Hall–Kier alpha value is -3.17. The topological polar surface area (TPSA) is 137 Å². The predicted octanol–water partition coefficient (Wildman–Crippen LogP) is 0.0823. The summed E-state index contributed by atoms with van der Waals surface area (Å²) in [6.07, 6.45) is 0.502. The minimum Gasteiger partial charge on any atom is -0.496 e. The molecule has 1 aliphatic heterocycles. The van der Waals surface area contributed by atoms with Crippen LogP contribution >= 0.6 is 0 Å². The normalized spacial score (nSPS) is 17.2. The van der Waals surface area contributed by atoms with Crippen molar-refractivity contribution in [2.75, 3.05) is 14.2 Å². The molecule has 0 unspecified atom stereocenters. The van der Waals surface area contributed by atoms with Crippen LogP contribution in [0.2, 0.25) is 0 Å². The Labute approximate surface area is 149 Å². The maximum atomic E-state index is 12.3. The van der Waals surface area contributed by atoms with Crippen LogP contribution in [0, 0.1) is 10.1 Å². The standard InChI is InChI=1S/C16H19N3O7/c1-25-13-5-3-10(19(23)24)7-9(13)8-12(16(22)26-2)18-15(21)11-4-6-14(20)17-11/h3,5,7,11-12H,4,6,8H2,1-2H3,(H,17,20)(H,18,21)/t11-,12-/m1/s1. The second-order valence-electron chi connectivity index (χ2n) is 5.70. The average Bonchev–Trinajstić information content (AvgIpc) is 3.06. The van der Waals surface area contributed by atoms with E-state index in [1.165, 1.54) is 32.4 Å². The minimum atomic E-state index is -1.08. The molecule has 10 nitrogen and oxygen atoms in total. The molecule has 0 spiro atoms. The van der Waals surface area contributed by atoms with E-state index in [0.29, 0.717) is 17.7 Å². The molecule has 1 aromatic carbocycles. The zero-order valence-corrected chi connectivity index (χ0v) is 14.3. The lowest BCUT2D eigenvalue weighted by atomic mass is 10.0. The van der Waals surface area contributed by atoms with Crippen LogP contribution in [0.4, 0.5) is 5.69 Å². The third kappa shape index (κ3) is 4.47. The average molecular weight is 365 g/mol. The van der Waals surface area contributed by atoms with Crippen LogP contribution < -0.4 is 15.4 Å². The molecule has 26 heavy (non-hydrogen) atoms. The number of carbonyl (C=O) groups excluding carboxylic acids is 3. The summed E-state index contributed by atoms with van der Waals surface area (Å²) in [5, 5.41) is 16.0. The molecular formula is C16H19N3O7. The highest BCUT2D eigenvalue weighted by Gasteiger charge is 2.31. The van der Waals surface area contributed by atoms with Gasteiger partial charge in [-0.1, -0.05) is 0 Å². The first-order valence-electron chi connectivity index (χ1n) is 7.84. The van der Waals surface area contributed by atoms with Gasteiger partial charge in [0, 0.05) is 30.5 Å². The maximum Gasteiger partial charge on any atom is 0.328 e. The van der Waals surface area contributed by atoms with Crippen molar-refractivity contribution in [2.24, 2.45) is 0 Å². The molecule has 10 heteroatoms. The number of hydrogen-bond donors (Lipinski definition) is 2. The van der Waals surface area contributed by atoms with Gasteiger partial charge in [0.15, 0.2) is 0 Å². The number of methoxy groups -OCH3 is 2. The van der Waals surface area contributed by atoms with Gasteiger partial charge in [-0.15, -0.1) is 0 Å². The molecule has 0 bridgehead atoms. The van der Waals surface area contributed by atoms with Crippen molar-refractivity contribution < 1.29 is 28.8 Å². The van der Waals surface area contributed by atoms with Crippen molar-refractivity contribution >= 4 is 23.5 Å². The highest BCUT2D eigenvalue weighted by Crippen LogP contribution is 2.25. The van der Waals surface area contributed by atoms with E-state index < -0.39 is 28.9 Å². The summed E-state index contributed by atoms with van der Waals surface area (Å²) < 4.78 is 9.87. The van der Waals surface area contributed by atoms with Crippen molar-refractivity contribution in [1.29, 1.82) is 0 Å². The third-order valence-electron chi connectivity index (χ3n) is 4.01. The molecule has 2 rings (SSSR count). The van der Waals surface area contributed by atoms with E-state index in [1.54, 1.807) is 0 Å². The van der Waals surface area contributed by atoms with Gasteiger partial charge in [-0.3, -0.25) is 19.7 Å². The number of rotatable bonds is 7. The first kappa shape index (κ1) is 19.2. The Balaban J connectivity index is 2.21. The minimum absolute atomic E-state index is 0.0655. The van der Waals surface area contributed by atoms with E-state index >= 15 is 0 Å². The lowest BCUT2D eigenvalue weighted by Gasteiger charge is -2.20. The molecule has 1 heterocycles. The molecule has 1 saturated heterocycles. The van der Waals surface area contributed by atoms with Crippen LogP contribution in [-0.4, -0.2) is 49.0 Å². The maximum absolute atomic E-state index is 12.3. The predicted molar refractivity (Wildman–Crippen MR) is 88.5 cm³/mol. The second-order valence-corrected chi connectivity index (χ2v) is 5.70. The van der Waals surface area contributed by atoms with Gasteiger partial charge in [0.2, 0.25) is 11.8 Å².